The summed E-state index contributed by atoms with van der Waals surface area (Å²) in [6.45, 7) is 0. The van der Waals surface area contributed by atoms with Gasteiger partial charge in [0.05, 0.1) is 21.4 Å². The van der Waals surface area contributed by atoms with Gasteiger partial charge in [-0.2, -0.15) is 0 Å². The summed E-state index contributed by atoms with van der Waals surface area (Å²) in [5.41, 5.74) is 7.04. The van der Waals surface area contributed by atoms with Crippen molar-refractivity contribution in [2.45, 2.75) is 0 Å². The highest BCUT2D eigenvalue weighted by Gasteiger charge is 2.21. The van der Waals surface area contributed by atoms with E-state index in [-0.39, 0.29) is 0 Å². The predicted molar refractivity (Wildman–Crippen MR) is 219 cm³/mol. The number of aromatic nitrogens is 1. The van der Waals surface area contributed by atoms with Crippen molar-refractivity contribution in [3.63, 3.8) is 0 Å². The van der Waals surface area contributed by atoms with E-state index in [1.54, 1.807) is 0 Å². The van der Waals surface area contributed by atoms with Gasteiger partial charge in [-0.05, 0) is 65.4 Å². The van der Waals surface area contributed by atoms with Gasteiger partial charge in [-0.1, -0.05) is 115 Å². The summed E-state index contributed by atoms with van der Waals surface area (Å²) < 4.78 is 7.65. The summed E-state index contributed by atoms with van der Waals surface area (Å²) >= 11 is 3.78. The molecule has 234 valence electrons. The van der Waals surface area contributed by atoms with Crippen molar-refractivity contribution in [1.29, 1.82) is 0 Å². The fourth-order valence-corrected chi connectivity index (χ4v) is 10.4. The maximum Gasteiger partial charge on any atom is 0.0640 e. The van der Waals surface area contributed by atoms with E-state index in [1.807, 2.05) is 22.7 Å². The number of hydrogen-bond acceptors (Lipinski definition) is 3. The first-order valence-corrected chi connectivity index (χ1v) is 18.6. The zero-order chi connectivity index (χ0) is 32.8. The SMILES string of the molecule is c1ccc(-n2c3ccccc3c3ccc(N(c4ccc5c(c4)sc4c6ccccc6ccc54)c4cccc5c4sc4ccccc45)cc32)cc1. The van der Waals surface area contributed by atoms with Crippen LogP contribution in [0.3, 0.4) is 0 Å². The molecule has 0 N–H and O–H groups in total. The molecular weight excluding hydrogens is 645 g/mol. The van der Waals surface area contributed by atoms with Crippen LogP contribution in [-0.4, -0.2) is 4.57 Å². The molecular formula is C46H28N2S2. The molecule has 50 heavy (non-hydrogen) atoms. The van der Waals surface area contributed by atoms with Crippen LogP contribution in [0.2, 0.25) is 0 Å². The van der Waals surface area contributed by atoms with Gasteiger partial charge in [0.1, 0.15) is 0 Å². The number of thiophene rings is 2. The zero-order valence-electron chi connectivity index (χ0n) is 26.9. The van der Waals surface area contributed by atoms with Gasteiger partial charge >= 0.3 is 0 Å². The van der Waals surface area contributed by atoms with Crippen molar-refractivity contribution in [3.8, 4) is 5.69 Å². The van der Waals surface area contributed by atoms with Crippen LogP contribution in [-0.2, 0) is 0 Å². The third kappa shape index (κ3) is 4.07. The largest absolute Gasteiger partial charge is 0.309 e. The Morgan fingerprint density at radius 1 is 0.380 bits per heavy atom. The molecule has 11 aromatic rings. The molecule has 2 nitrogen and oxygen atoms in total. The van der Waals surface area contributed by atoms with E-state index < -0.39 is 0 Å². The van der Waals surface area contributed by atoms with E-state index in [2.05, 4.69) is 179 Å². The van der Waals surface area contributed by atoms with Crippen molar-refractivity contribution in [2.75, 3.05) is 4.90 Å². The highest BCUT2D eigenvalue weighted by molar-refractivity contribution is 7.27. The Bertz CT molecular complexity index is 3110. The molecule has 3 heterocycles. The van der Waals surface area contributed by atoms with E-state index in [1.165, 1.54) is 78.6 Å². The van der Waals surface area contributed by atoms with Crippen molar-refractivity contribution in [1.82, 2.24) is 4.57 Å². The number of anilines is 3. The molecule has 0 aliphatic heterocycles. The van der Waals surface area contributed by atoms with E-state index in [4.69, 9.17) is 0 Å². The van der Waals surface area contributed by atoms with Crippen LogP contribution >= 0.6 is 22.7 Å². The maximum atomic E-state index is 2.48. The molecule has 3 aromatic heterocycles. The average molecular weight is 673 g/mol. The van der Waals surface area contributed by atoms with Crippen molar-refractivity contribution >= 4 is 113 Å². The Morgan fingerprint density at radius 3 is 1.90 bits per heavy atom. The first-order chi connectivity index (χ1) is 24.8. The van der Waals surface area contributed by atoms with E-state index in [0.717, 1.165) is 17.1 Å². The lowest BCUT2D eigenvalue weighted by Gasteiger charge is -2.26. The lowest BCUT2D eigenvalue weighted by Crippen LogP contribution is -2.10. The molecule has 0 atom stereocenters. The summed E-state index contributed by atoms with van der Waals surface area (Å²) in [6, 6.07) is 62.4. The number of benzene rings is 8. The first-order valence-electron chi connectivity index (χ1n) is 16.9. The van der Waals surface area contributed by atoms with Crippen LogP contribution in [0.4, 0.5) is 17.1 Å². The Kier molecular flexibility index (Phi) is 6.03. The van der Waals surface area contributed by atoms with Gasteiger partial charge in [0.15, 0.2) is 0 Å². The lowest BCUT2D eigenvalue weighted by atomic mass is 10.1. The summed E-state index contributed by atoms with van der Waals surface area (Å²) in [7, 11) is 0. The molecule has 4 heteroatoms. The molecule has 0 aliphatic carbocycles. The quantitative estimate of drug-likeness (QED) is 0.181. The smallest absolute Gasteiger partial charge is 0.0640 e. The monoisotopic (exact) mass is 672 g/mol. The Balaban J connectivity index is 1.21. The predicted octanol–water partition coefficient (Wildman–Crippen LogP) is 14.1. The number of para-hydroxylation sites is 2. The summed E-state index contributed by atoms with van der Waals surface area (Å²) in [5.74, 6) is 0. The average Bonchev–Trinajstić information content (AvgIpc) is 3.85. The highest BCUT2D eigenvalue weighted by Crippen LogP contribution is 2.48. The molecule has 0 saturated carbocycles. The van der Waals surface area contributed by atoms with Gasteiger partial charge < -0.3 is 9.47 Å². The summed E-state index contributed by atoms with van der Waals surface area (Å²) in [6.07, 6.45) is 0. The van der Waals surface area contributed by atoms with Crippen LogP contribution in [0.1, 0.15) is 0 Å². The van der Waals surface area contributed by atoms with Crippen LogP contribution in [0.15, 0.2) is 170 Å². The summed E-state index contributed by atoms with van der Waals surface area (Å²) in [5, 5.41) is 10.3. The summed E-state index contributed by atoms with van der Waals surface area (Å²) in [4.78, 5) is 2.48. The van der Waals surface area contributed by atoms with Crippen LogP contribution in [0, 0.1) is 0 Å². The van der Waals surface area contributed by atoms with Gasteiger partial charge in [-0.15, -0.1) is 22.7 Å². The van der Waals surface area contributed by atoms with Crippen LogP contribution < -0.4 is 4.90 Å². The van der Waals surface area contributed by atoms with Gasteiger partial charge in [0, 0.05) is 63.5 Å². The van der Waals surface area contributed by atoms with Gasteiger partial charge in [-0.25, -0.2) is 0 Å². The standard InChI is InChI=1S/C46H28N2S2/c1-2-12-30(13-3-1)48-40-18-8-6-15-34(40)35-25-22-31(27-42(35)48)47(41-19-10-17-38-36-16-7-9-20-43(36)49-46(38)41)32-23-26-37-39-24-21-29-11-4-5-14-33(29)45(39)50-44(37)28-32/h1-28H. The third-order valence-electron chi connectivity index (χ3n) is 10.2. The molecule has 0 unspecified atom stereocenters. The minimum Gasteiger partial charge on any atom is -0.309 e. The Labute approximate surface area is 296 Å². The second-order valence-electron chi connectivity index (χ2n) is 12.9. The molecule has 0 fully saturated rings. The second-order valence-corrected chi connectivity index (χ2v) is 15.0. The highest BCUT2D eigenvalue weighted by atomic mass is 32.1. The number of hydrogen-bond donors (Lipinski definition) is 0. The maximum absolute atomic E-state index is 2.48. The van der Waals surface area contributed by atoms with Crippen molar-refractivity contribution < 1.29 is 0 Å². The minimum absolute atomic E-state index is 1.13. The molecule has 0 spiro atoms. The molecule has 0 bridgehead atoms. The van der Waals surface area contributed by atoms with Crippen molar-refractivity contribution in [2.24, 2.45) is 0 Å². The molecule has 0 aliphatic rings. The molecule has 0 saturated heterocycles. The zero-order valence-corrected chi connectivity index (χ0v) is 28.5. The van der Waals surface area contributed by atoms with E-state index >= 15 is 0 Å². The topological polar surface area (TPSA) is 8.17 Å². The molecule has 0 radical (unpaired) electrons. The van der Waals surface area contributed by atoms with Gasteiger partial charge in [-0.3, -0.25) is 0 Å². The van der Waals surface area contributed by atoms with E-state index in [0.29, 0.717) is 0 Å². The Hall–Kier alpha value is -5.94. The number of fused-ring (bicyclic) bond motifs is 11. The van der Waals surface area contributed by atoms with Crippen LogP contribution in [0.25, 0.3) is 78.6 Å². The van der Waals surface area contributed by atoms with Crippen LogP contribution in [0.5, 0.6) is 0 Å². The Morgan fingerprint density at radius 2 is 1.00 bits per heavy atom. The van der Waals surface area contributed by atoms with Gasteiger partial charge in [0.25, 0.3) is 0 Å². The lowest BCUT2D eigenvalue weighted by molar-refractivity contribution is 1.18. The first kappa shape index (κ1) is 28.0. The second kappa shape index (κ2) is 10.8. The molecule has 8 aromatic carbocycles. The fraction of sp³-hybridized carbons (Fsp3) is 0. The fourth-order valence-electron chi connectivity index (χ4n) is 7.92. The van der Waals surface area contributed by atoms with Gasteiger partial charge in [0.2, 0.25) is 0 Å². The normalized spacial score (nSPS) is 12.0. The van der Waals surface area contributed by atoms with Crippen molar-refractivity contribution in [3.05, 3.63) is 170 Å². The number of nitrogens with zero attached hydrogens (tertiary/aromatic N) is 2. The number of rotatable bonds is 4. The molecule has 0 amide bonds. The van der Waals surface area contributed by atoms with E-state index in [9.17, 15) is 0 Å². The molecule has 11 rings (SSSR count). The third-order valence-corrected chi connectivity index (χ3v) is 12.6. The minimum atomic E-state index is 1.13.